The molecular formula is C16H29N5. The molecule has 2 heterocycles. The number of piperazine rings is 1. The fraction of sp³-hybridized carbons (Fsp3) is 0.812. The number of anilines is 1. The molecule has 1 aromatic rings. The topological polar surface area (TPSA) is 50.3 Å². The van der Waals surface area contributed by atoms with Crippen LogP contribution in [0.1, 0.15) is 37.4 Å². The third-order valence-corrected chi connectivity index (χ3v) is 4.98. The zero-order valence-corrected chi connectivity index (χ0v) is 13.7. The highest BCUT2D eigenvalue weighted by Crippen LogP contribution is 2.30. The molecule has 1 aliphatic carbocycles. The second-order valence-corrected chi connectivity index (χ2v) is 6.64. The molecule has 5 heteroatoms. The summed E-state index contributed by atoms with van der Waals surface area (Å²) in [5, 5.41) is 4.65. The van der Waals surface area contributed by atoms with Crippen molar-refractivity contribution < 1.29 is 0 Å². The highest BCUT2D eigenvalue weighted by molar-refractivity contribution is 5.51. The molecule has 1 saturated carbocycles. The van der Waals surface area contributed by atoms with Gasteiger partial charge in [-0.25, -0.2) is 0 Å². The molecule has 1 saturated heterocycles. The Labute approximate surface area is 128 Å². The lowest BCUT2D eigenvalue weighted by Gasteiger charge is -2.36. The van der Waals surface area contributed by atoms with Crippen molar-refractivity contribution in [2.75, 3.05) is 31.1 Å². The summed E-state index contributed by atoms with van der Waals surface area (Å²) in [6, 6.07) is 1.12. The zero-order valence-electron chi connectivity index (χ0n) is 13.7. The number of aromatic nitrogens is 2. The predicted molar refractivity (Wildman–Crippen MR) is 86.7 cm³/mol. The van der Waals surface area contributed by atoms with Crippen LogP contribution < -0.4 is 10.6 Å². The van der Waals surface area contributed by atoms with Crippen LogP contribution >= 0.6 is 0 Å². The molecule has 3 rings (SSSR count). The quantitative estimate of drug-likeness (QED) is 0.888. The first-order valence-corrected chi connectivity index (χ1v) is 8.37. The van der Waals surface area contributed by atoms with Gasteiger partial charge in [0.2, 0.25) is 0 Å². The molecule has 1 atom stereocenters. The van der Waals surface area contributed by atoms with E-state index in [1.165, 1.54) is 37.3 Å². The number of hydrogen-bond donors (Lipinski definition) is 1. The Morgan fingerprint density at radius 1 is 1.24 bits per heavy atom. The van der Waals surface area contributed by atoms with Gasteiger partial charge in [-0.05, 0) is 32.6 Å². The third-order valence-electron chi connectivity index (χ3n) is 4.98. The van der Waals surface area contributed by atoms with E-state index in [0.29, 0.717) is 0 Å². The maximum Gasteiger partial charge on any atom is 0.130 e. The van der Waals surface area contributed by atoms with Crippen LogP contribution in [-0.2, 0) is 13.5 Å². The SMILES string of the molecule is CCC(N)Cc1c(C)nn(C)c1N1CCN(C2CC2)CC1. The van der Waals surface area contributed by atoms with Crippen LogP contribution in [0.2, 0.25) is 0 Å². The standard InChI is InChI=1S/C16H29N5/c1-4-13(17)11-15-12(2)18-19(3)16(15)21-9-7-20(8-10-21)14-5-6-14/h13-14H,4-11,17H2,1-3H3. The van der Waals surface area contributed by atoms with E-state index in [2.05, 4.69) is 40.5 Å². The van der Waals surface area contributed by atoms with Crippen molar-refractivity contribution in [2.24, 2.45) is 12.8 Å². The molecule has 5 nitrogen and oxygen atoms in total. The molecule has 0 spiro atoms. The van der Waals surface area contributed by atoms with Gasteiger partial charge in [0.25, 0.3) is 0 Å². The molecule has 0 bridgehead atoms. The molecule has 0 radical (unpaired) electrons. The van der Waals surface area contributed by atoms with Gasteiger partial charge in [0, 0.05) is 50.9 Å². The minimum absolute atomic E-state index is 0.236. The van der Waals surface area contributed by atoms with Crippen LogP contribution in [0.5, 0.6) is 0 Å². The van der Waals surface area contributed by atoms with E-state index in [1.807, 2.05) is 0 Å². The Balaban J connectivity index is 1.74. The zero-order chi connectivity index (χ0) is 15.0. The molecule has 2 aliphatic rings. The summed E-state index contributed by atoms with van der Waals surface area (Å²) in [4.78, 5) is 5.16. The van der Waals surface area contributed by atoms with Gasteiger partial charge in [0.05, 0.1) is 5.69 Å². The largest absolute Gasteiger partial charge is 0.354 e. The summed E-state index contributed by atoms with van der Waals surface area (Å²) in [6.45, 7) is 8.88. The number of rotatable bonds is 5. The molecule has 0 aromatic carbocycles. The summed E-state index contributed by atoms with van der Waals surface area (Å²) >= 11 is 0. The van der Waals surface area contributed by atoms with E-state index in [9.17, 15) is 0 Å². The fourth-order valence-electron chi connectivity index (χ4n) is 3.47. The Hall–Kier alpha value is -1.07. The molecule has 1 unspecified atom stereocenters. The van der Waals surface area contributed by atoms with E-state index in [0.717, 1.165) is 37.7 Å². The lowest BCUT2D eigenvalue weighted by Crippen LogP contribution is -2.48. The molecule has 1 aliphatic heterocycles. The number of nitrogens with zero attached hydrogens (tertiary/aromatic N) is 4. The van der Waals surface area contributed by atoms with Crippen molar-refractivity contribution in [1.29, 1.82) is 0 Å². The van der Waals surface area contributed by atoms with Crippen molar-refractivity contribution >= 4 is 5.82 Å². The second kappa shape index (κ2) is 5.97. The summed E-state index contributed by atoms with van der Waals surface area (Å²) in [6.07, 6.45) is 4.76. The van der Waals surface area contributed by atoms with E-state index in [1.54, 1.807) is 0 Å². The highest BCUT2D eigenvalue weighted by Gasteiger charge is 2.32. The summed E-state index contributed by atoms with van der Waals surface area (Å²) < 4.78 is 2.06. The molecular weight excluding hydrogens is 262 g/mol. The molecule has 1 aromatic heterocycles. The summed E-state index contributed by atoms with van der Waals surface area (Å²) in [5.74, 6) is 1.30. The average molecular weight is 291 g/mol. The minimum atomic E-state index is 0.236. The van der Waals surface area contributed by atoms with E-state index in [4.69, 9.17) is 5.73 Å². The fourth-order valence-corrected chi connectivity index (χ4v) is 3.47. The van der Waals surface area contributed by atoms with E-state index in [-0.39, 0.29) is 6.04 Å². The van der Waals surface area contributed by atoms with Gasteiger partial charge < -0.3 is 10.6 Å². The van der Waals surface area contributed by atoms with Gasteiger partial charge in [0.1, 0.15) is 5.82 Å². The Bertz CT molecular complexity index is 483. The van der Waals surface area contributed by atoms with Gasteiger partial charge in [-0.1, -0.05) is 6.92 Å². The van der Waals surface area contributed by atoms with Crippen molar-refractivity contribution in [3.8, 4) is 0 Å². The third kappa shape index (κ3) is 3.09. The molecule has 118 valence electrons. The van der Waals surface area contributed by atoms with Crippen LogP contribution in [0.3, 0.4) is 0 Å². The first-order valence-electron chi connectivity index (χ1n) is 8.37. The smallest absolute Gasteiger partial charge is 0.130 e. The lowest BCUT2D eigenvalue weighted by molar-refractivity contribution is 0.247. The Morgan fingerprint density at radius 3 is 2.48 bits per heavy atom. The maximum absolute atomic E-state index is 6.19. The van der Waals surface area contributed by atoms with E-state index >= 15 is 0 Å². The van der Waals surface area contributed by atoms with Gasteiger partial charge in [-0.3, -0.25) is 9.58 Å². The first kappa shape index (κ1) is 14.9. The normalized spacial score (nSPS) is 21.8. The van der Waals surface area contributed by atoms with E-state index < -0.39 is 0 Å². The molecule has 2 N–H and O–H groups in total. The van der Waals surface area contributed by atoms with Gasteiger partial charge in [0.15, 0.2) is 0 Å². The lowest BCUT2D eigenvalue weighted by atomic mass is 10.0. The number of nitrogens with two attached hydrogens (primary N) is 1. The first-order chi connectivity index (χ1) is 10.1. The van der Waals surface area contributed by atoms with Crippen molar-refractivity contribution in [1.82, 2.24) is 14.7 Å². The Morgan fingerprint density at radius 2 is 1.90 bits per heavy atom. The highest BCUT2D eigenvalue weighted by atomic mass is 15.4. The monoisotopic (exact) mass is 291 g/mol. The van der Waals surface area contributed by atoms with Gasteiger partial charge >= 0.3 is 0 Å². The number of aryl methyl sites for hydroxylation is 2. The predicted octanol–water partition coefficient (Wildman–Crippen LogP) is 1.29. The van der Waals surface area contributed by atoms with Crippen LogP contribution in [0.25, 0.3) is 0 Å². The van der Waals surface area contributed by atoms with Crippen molar-refractivity contribution in [2.45, 2.75) is 51.6 Å². The maximum atomic E-state index is 6.19. The van der Waals surface area contributed by atoms with Crippen LogP contribution in [0.4, 0.5) is 5.82 Å². The summed E-state index contributed by atoms with van der Waals surface area (Å²) in [7, 11) is 2.07. The van der Waals surface area contributed by atoms with Crippen molar-refractivity contribution in [3.05, 3.63) is 11.3 Å². The van der Waals surface area contributed by atoms with Crippen LogP contribution in [0, 0.1) is 6.92 Å². The molecule has 21 heavy (non-hydrogen) atoms. The average Bonchev–Trinajstić information content (AvgIpc) is 3.27. The van der Waals surface area contributed by atoms with Crippen molar-refractivity contribution in [3.63, 3.8) is 0 Å². The molecule has 0 amide bonds. The minimum Gasteiger partial charge on any atom is -0.354 e. The second-order valence-electron chi connectivity index (χ2n) is 6.64. The van der Waals surface area contributed by atoms with Gasteiger partial charge in [-0.2, -0.15) is 5.10 Å². The van der Waals surface area contributed by atoms with Gasteiger partial charge in [-0.15, -0.1) is 0 Å². The van der Waals surface area contributed by atoms with Crippen LogP contribution in [-0.4, -0.2) is 52.9 Å². The van der Waals surface area contributed by atoms with Crippen LogP contribution in [0.15, 0.2) is 0 Å². The number of hydrogen-bond acceptors (Lipinski definition) is 4. The molecule has 2 fully saturated rings. The Kier molecular flexibility index (Phi) is 4.22. The summed E-state index contributed by atoms with van der Waals surface area (Å²) in [5.41, 5.74) is 8.68.